The van der Waals surface area contributed by atoms with Crippen LogP contribution in [-0.4, -0.2) is 52.0 Å². The summed E-state index contributed by atoms with van der Waals surface area (Å²) in [6.07, 6.45) is 3.34. The number of hydrogen-bond donors (Lipinski definition) is 3. The lowest BCUT2D eigenvalue weighted by Crippen LogP contribution is -2.54. The van der Waals surface area contributed by atoms with Crippen molar-refractivity contribution in [2.24, 2.45) is 0 Å². The largest absolute Gasteiger partial charge is 0.485 e. The molecule has 3 aromatic carbocycles. The first kappa shape index (κ1) is 29.5. The highest BCUT2D eigenvalue weighted by molar-refractivity contribution is 7.89. The first-order valence-corrected chi connectivity index (χ1v) is 15.5. The van der Waals surface area contributed by atoms with Gasteiger partial charge in [-0.2, -0.15) is 4.31 Å². The number of sulfonamides is 1. The Morgan fingerprint density at radius 2 is 1.81 bits per heavy atom. The minimum absolute atomic E-state index is 0.0964. The van der Waals surface area contributed by atoms with Crippen molar-refractivity contribution >= 4 is 15.9 Å². The summed E-state index contributed by atoms with van der Waals surface area (Å²) in [7, 11) is -4.15. The monoisotopic (exact) mass is 588 g/mol. The molecule has 1 aliphatic rings. The van der Waals surface area contributed by atoms with E-state index in [4.69, 9.17) is 4.74 Å². The van der Waals surface area contributed by atoms with E-state index in [1.807, 2.05) is 37.3 Å². The topological polar surface area (TPSA) is 125 Å². The number of nitrogens with one attached hydrogen (secondary N) is 2. The quantitative estimate of drug-likeness (QED) is 0.252. The maximum Gasteiger partial charge on any atom is 0.251 e. The standard InChI is InChI=1S/C32H36N4O5S/c1-4-22-10-13-25(14-11-22)42(39,40)36(21-28-33-18-19-34-28)29-26-20-24(12-15-27(26)41-32(2,3)30(29)37)31(38)35-17-16-23-8-6-5-7-9-23/h5-15,18-20,29-30,37H,4,16-17,21H2,1-3H3,(H,33,34)(H,35,38)/t29-,30+/m1/s1. The van der Waals surface area contributed by atoms with Crippen molar-refractivity contribution in [1.29, 1.82) is 0 Å². The molecule has 5 rings (SSSR count). The number of aryl methyl sites for hydroxylation is 1. The van der Waals surface area contributed by atoms with Gasteiger partial charge in [-0.15, -0.1) is 0 Å². The minimum atomic E-state index is -4.15. The lowest BCUT2D eigenvalue weighted by Gasteiger charge is -2.45. The number of hydrogen-bond acceptors (Lipinski definition) is 6. The predicted octanol–water partition coefficient (Wildman–Crippen LogP) is 4.41. The zero-order valence-electron chi connectivity index (χ0n) is 23.9. The van der Waals surface area contributed by atoms with Gasteiger partial charge in [0.25, 0.3) is 5.91 Å². The molecule has 0 saturated heterocycles. The Labute approximate surface area is 246 Å². The first-order chi connectivity index (χ1) is 20.1. The van der Waals surface area contributed by atoms with Crippen LogP contribution in [0.4, 0.5) is 0 Å². The van der Waals surface area contributed by atoms with E-state index in [1.54, 1.807) is 68.7 Å². The van der Waals surface area contributed by atoms with Crippen LogP contribution in [0.1, 0.15) is 59.7 Å². The van der Waals surface area contributed by atoms with E-state index in [0.717, 1.165) is 17.5 Å². The van der Waals surface area contributed by atoms with E-state index in [-0.39, 0.29) is 17.3 Å². The predicted molar refractivity (Wildman–Crippen MR) is 160 cm³/mol. The number of aromatic nitrogens is 2. The molecule has 9 nitrogen and oxygen atoms in total. The molecule has 1 aromatic heterocycles. The number of fused-ring (bicyclic) bond motifs is 1. The smallest absolute Gasteiger partial charge is 0.251 e. The van der Waals surface area contributed by atoms with Crippen molar-refractivity contribution in [3.63, 3.8) is 0 Å². The van der Waals surface area contributed by atoms with Crippen LogP contribution in [0.2, 0.25) is 0 Å². The maximum absolute atomic E-state index is 14.3. The second-order valence-electron chi connectivity index (χ2n) is 10.9. The van der Waals surface area contributed by atoms with Gasteiger partial charge < -0.3 is 20.1 Å². The van der Waals surface area contributed by atoms with Crippen LogP contribution in [0.25, 0.3) is 0 Å². The molecule has 220 valence electrons. The molecule has 0 bridgehead atoms. The van der Waals surface area contributed by atoms with E-state index in [2.05, 4.69) is 15.3 Å². The fourth-order valence-electron chi connectivity index (χ4n) is 5.18. The average Bonchev–Trinajstić information content (AvgIpc) is 3.50. The van der Waals surface area contributed by atoms with Gasteiger partial charge in [0.1, 0.15) is 23.3 Å². The molecule has 1 aliphatic heterocycles. The van der Waals surface area contributed by atoms with Crippen molar-refractivity contribution in [1.82, 2.24) is 19.6 Å². The number of ether oxygens (including phenoxy) is 1. The Morgan fingerprint density at radius 1 is 1.07 bits per heavy atom. The Balaban J connectivity index is 1.53. The van der Waals surface area contributed by atoms with E-state index in [9.17, 15) is 18.3 Å². The second kappa shape index (κ2) is 12.1. The van der Waals surface area contributed by atoms with Crippen molar-refractivity contribution in [3.8, 4) is 5.75 Å². The molecule has 42 heavy (non-hydrogen) atoms. The number of aromatic amines is 1. The van der Waals surface area contributed by atoms with Crippen LogP contribution in [0.5, 0.6) is 5.75 Å². The molecule has 10 heteroatoms. The highest BCUT2D eigenvalue weighted by Gasteiger charge is 2.49. The summed E-state index contributed by atoms with van der Waals surface area (Å²) in [5.74, 6) is 0.510. The summed E-state index contributed by atoms with van der Waals surface area (Å²) < 4.78 is 35.9. The molecule has 2 atom stereocenters. The Bertz CT molecular complexity index is 1620. The zero-order valence-corrected chi connectivity index (χ0v) is 24.8. The normalized spacial score (nSPS) is 17.8. The Kier molecular flexibility index (Phi) is 8.49. The molecule has 0 saturated carbocycles. The molecule has 3 N–H and O–H groups in total. The Morgan fingerprint density at radius 3 is 2.48 bits per heavy atom. The number of rotatable bonds is 10. The summed E-state index contributed by atoms with van der Waals surface area (Å²) in [5.41, 5.74) is 1.72. The number of carbonyl (C=O) groups excluding carboxylic acids is 1. The summed E-state index contributed by atoms with van der Waals surface area (Å²) in [4.78, 5) is 20.5. The van der Waals surface area contributed by atoms with E-state index >= 15 is 0 Å². The van der Waals surface area contributed by atoms with Gasteiger partial charge in [0.2, 0.25) is 10.0 Å². The average molecular weight is 589 g/mol. The molecular weight excluding hydrogens is 552 g/mol. The Hall–Kier alpha value is -3.99. The van der Waals surface area contributed by atoms with E-state index in [1.165, 1.54) is 4.31 Å². The van der Waals surface area contributed by atoms with Gasteiger partial charge in [-0.1, -0.05) is 49.4 Å². The molecule has 0 fully saturated rings. The first-order valence-electron chi connectivity index (χ1n) is 14.0. The fraction of sp³-hybridized carbons (Fsp3) is 0.312. The number of imidazole rings is 1. The number of aliphatic hydroxyl groups excluding tert-OH is 1. The third-order valence-electron chi connectivity index (χ3n) is 7.63. The summed E-state index contributed by atoms with van der Waals surface area (Å²) in [6.45, 7) is 5.73. The molecule has 1 amide bonds. The zero-order chi connectivity index (χ0) is 29.9. The van der Waals surface area contributed by atoms with Crippen molar-refractivity contribution in [2.45, 2.75) is 62.8 Å². The number of carbonyl (C=O) groups is 1. The molecule has 0 radical (unpaired) electrons. The molecular formula is C32H36N4O5S. The summed E-state index contributed by atoms with van der Waals surface area (Å²) in [5, 5.41) is 14.6. The lowest BCUT2D eigenvalue weighted by molar-refractivity contribution is -0.0804. The highest BCUT2D eigenvalue weighted by Crippen LogP contribution is 2.45. The number of amides is 1. The third-order valence-corrected chi connectivity index (χ3v) is 9.47. The number of aliphatic hydroxyl groups is 1. The lowest BCUT2D eigenvalue weighted by atomic mass is 9.85. The molecule has 0 unspecified atom stereocenters. The van der Waals surface area contributed by atoms with Crippen molar-refractivity contribution < 1.29 is 23.1 Å². The molecule has 2 heterocycles. The van der Waals surface area contributed by atoms with Crippen LogP contribution in [0.15, 0.2) is 90.1 Å². The number of nitrogens with zero attached hydrogens (tertiary/aromatic N) is 2. The van der Waals surface area contributed by atoms with Crippen LogP contribution < -0.4 is 10.1 Å². The highest BCUT2D eigenvalue weighted by atomic mass is 32.2. The van der Waals surface area contributed by atoms with Crippen molar-refractivity contribution in [3.05, 3.63) is 113 Å². The van der Waals surface area contributed by atoms with Crippen LogP contribution in [0.3, 0.4) is 0 Å². The number of benzene rings is 3. The van der Waals surface area contributed by atoms with Crippen LogP contribution >= 0.6 is 0 Å². The van der Waals surface area contributed by atoms with Crippen LogP contribution in [0, 0.1) is 0 Å². The third kappa shape index (κ3) is 6.11. The SMILES string of the molecule is CCc1ccc(S(=O)(=O)N(Cc2ncc[nH]2)[C@@H]2c3cc(C(=O)NCCc4ccccc4)ccc3OC(C)(C)[C@H]2O)cc1. The van der Waals surface area contributed by atoms with Crippen LogP contribution in [-0.2, 0) is 29.4 Å². The van der Waals surface area contributed by atoms with Gasteiger partial charge in [-0.3, -0.25) is 4.79 Å². The van der Waals surface area contributed by atoms with Gasteiger partial charge in [0.05, 0.1) is 17.5 Å². The molecule has 4 aromatic rings. The molecule has 0 aliphatic carbocycles. The van der Waals surface area contributed by atoms with Gasteiger partial charge >= 0.3 is 0 Å². The van der Waals surface area contributed by atoms with Gasteiger partial charge in [-0.05, 0) is 68.1 Å². The van der Waals surface area contributed by atoms with Gasteiger partial charge in [-0.25, -0.2) is 13.4 Å². The second-order valence-corrected chi connectivity index (χ2v) is 12.8. The van der Waals surface area contributed by atoms with Gasteiger partial charge in [0.15, 0.2) is 0 Å². The molecule has 0 spiro atoms. The summed E-state index contributed by atoms with van der Waals surface area (Å²) in [6, 6.07) is 20.4. The number of H-pyrrole nitrogens is 1. The van der Waals surface area contributed by atoms with E-state index < -0.39 is 27.8 Å². The fourth-order valence-corrected chi connectivity index (χ4v) is 6.76. The van der Waals surface area contributed by atoms with Crippen molar-refractivity contribution in [2.75, 3.05) is 6.54 Å². The van der Waals surface area contributed by atoms with Gasteiger partial charge in [0, 0.05) is 30.1 Å². The van der Waals surface area contributed by atoms with E-state index in [0.29, 0.717) is 35.7 Å². The maximum atomic E-state index is 14.3. The summed E-state index contributed by atoms with van der Waals surface area (Å²) >= 11 is 0. The minimum Gasteiger partial charge on any atom is -0.485 e.